The van der Waals surface area contributed by atoms with Crippen molar-refractivity contribution in [1.29, 1.82) is 0 Å². The molecule has 0 bridgehead atoms. The van der Waals surface area contributed by atoms with Crippen LogP contribution in [0.5, 0.6) is 0 Å². The predicted octanol–water partition coefficient (Wildman–Crippen LogP) is 2.85. The fourth-order valence-corrected chi connectivity index (χ4v) is 2.04. The summed E-state index contributed by atoms with van der Waals surface area (Å²) in [5.41, 5.74) is 0.913. The van der Waals surface area contributed by atoms with Crippen LogP contribution in [0.2, 0.25) is 5.15 Å². The van der Waals surface area contributed by atoms with Crippen LogP contribution in [-0.2, 0) is 0 Å². The maximum absolute atomic E-state index is 5.90. The molecule has 1 N–H and O–H groups in total. The lowest BCUT2D eigenvalue weighted by molar-refractivity contribution is 0.699. The summed E-state index contributed by atoms with van der Waals surface area (Å²) in [6, 6.07) is 0. The average Bonchev–Trinajstić information content (AvgIpc) is 2.21. The number of hydrogen-bond acceptors (Lipinski definition) is 4. The summed E-state index contributed by atoms with van der Waals surface area (Å²) in [5.74, 6) is 2.60. The third kappa shape index (κ3) is 3.87. The molecule has 1 atom stereocenters. The zero-order valence-corrected chi connectivity index (χ0v) is 10.8. The molecule has 0 aliphatic heterocycles. The van der Waals surface area contributed by atoms with Gasteiger partial charge >= 0.3 is 0 Å². The van der Waals surface area contributed by atoms with E-state index in [2.05, 4.69) is 28.5 Å². The van der Waals surface area contributed by atoms with E-state index in [1.54, 1.807) is 0 Å². The number of halogens is 1. The van der Waals surface area contributed by atoms with Crippen LogP contribution in [0.4, 0.5) is 5.82 Å². The molecule has 0 aromatic carbocycles. The molecule has 15 heavy (non-hydrogen) atoms. The van der Waals surface area contributed by atoms with Gasteiger partial charge in [0.25, 0.3) is 0 Å². The summed E-state index contributed by atoms with van der Waals surface area (Å²) < 4.78 is 0. The summed E-state index contributed by atoms with van der Waals surface area (Å²) in [5, 5.41) is 3.81. The maximum atomic E-state index is 5.90. The Bertz CT molecular complexity index is 320. The minimum atomic E-state index is 0.519. The third-order valence-electron chi connectivity index (χ3n) is 2.09. The van der Waals surface area contributed by atoms with Gasteiger partial charge in [-0.2, -0.15) is 11.8 Å². The lowest BCUT2D eigenvalue weighted by Gasteiger charge is -2.13. The van der Waals surface area contributed by atoms with E-state index < -0.39 is 0 Å². The highest BCUT2D eigenvalue weighted by Crippen LogP contribution is 2.18. The fraction of sp³-hybridized carbons (Fsp3) is 0.600. The van der Waals surface area contributed by atoms with Gasteiger partial charge in [-0.3, -0.25) is 0 Å². The zero-order valence-electron chi connectivity index (χ0n) is 9.25. The van der Waals surface area contributed by atoms with E-state index in [9.17, 15) is 0 Å². The molecule has 0 aliphatic carbocycles. The van der Waals surface area contributed by atoms with Crippen LogP contribution in [0.25, 0.3) is 0 Å². The average molecular weight is 246 g/mol. The lowest BCUT2D eigenvalue weighted by atomic mass is 10.2. The number of rotatable bonds is 5. The van der Waals surface area contributed by atoms with E-state index in [1.165, 1.54) is 6.33 Å². The van der Waals surface area contributed by atoms with E-state index >= 15 is 0 Å². The summed E-state index contributed by atoms with van der Waals surface area (Å²) >= 11 is 7.75. The van der Waals surface area contributed by atoms with E-state index in [0.29, 0.717) is 11.1 Å². The largest absolute Gasteiger partial charge is 0.369 e. The highest BCUT2D eigenvalue weighted by Gasteiger charge is 2.06. The molecule has 0 fully saturated rings. The topological polar surface area (TPSA) is 37.8 Å². The molecule has 3 nitrogen and oxygen atoms in total. The Morgan fingerprint density at radius 2 is 2.27 bits per heavy atom. The van der Waals surface area contributed by atoms with Gasteiger partial charge in [-0.25, -0.2) is 9.97 Å². The van der Waals surface area contributed by atoms with Crippen LogP contribution in [0, 0.1) is 12.8 Å². The molecule has 0 radical (unpaired) electrons. The van der Waals surface area contributed by atoms with Gasteiger partial charge in [0.1, 0.15) is 17.3 Å². The monoisotopic (exact) mass is 245 g/mol. The van der Waals surface area contributed by atoms with Crippen LogP contribution in [-0.4, -0.2) is 28.5 Å². The van der Waals surface area contributed by atoms with Crippen molar-refractivity contribution in [3.05, 3.63) is 17.0 Å². The van der Waals surface area contributed by atoms with Crippen LogP contribution in [0.15, 0.2) is 6.33 Å². The first-order valence-electron chi connectivity index (χ1n) is 4.85. The molecule has 1 rings (SSSR count). The number of nitrogens with zero attached hydrogens (tertiary/aromatic N) is 2. The Balaban J connectivity index is 2.54. The van der Waals surface area contributed by atoms with Crippen molar-refractivity contribution in [3.8, 4) is 0 Å². The Morgan fingerprint density at radius 3 is 2.93 bits per heavy atom. The quantitative estimate of drug-likeness (QED) is 0.810. The minimum absolute atomic E-state index is 0.519. The Labute approximate surface area is 100 Å². The minimum Gasteiger partial charge on any atom is -0.369 e. The molecule has 84 valence electrons. The normalized spacial score (nSPS) is 12.5. The highest BCUT2D eigenvalue weighted by molar-refractivity contribution is 7.98. The van der Waals surface area contributed by atoms with E-state index in [0.717, 1.165) is 23.7 Å². The van der Waals surface area contributed by atoms with Crippen LogP contribution >= 0.6 is 23.4 Å². The van der Waals surface area contributed by atoms with Crippen molar-refractivity contribution in [2.75, 3.05) is 23.9 Å². The predicted molar refractivity (Wildman–Crippen MR) is 67.8 cm³/mol. The highest BCUT2D eigenvalue weighted by atomic mass is 35.5. The van der Waals surface area contributed by atoms with Crippen molar-refractivity contribution in [2.24, 2.45) is 5.92 Å². The molecular weight excluding hydrogens is 230 g/mol. The van der Waals surface area contributed by atoms with Gasteiger partial charge in [-0.15, -0.1) is 0 Å². The van der Waals surface area contributed by atoms with Gasteiger partial charge in [-0.1, -0.05) is 18.5 Å². The Kier molecular flexibility index (Phi) is 5.19. The summed E-state index contributed by atoms with van der Waals surface area (Å²) in [4.78, 5) is 8.07. The molecule has 0 saturated heterocycles. The summed E-state index contributed by atoms with van der Waals surface area (Å²) in [7, 11) is 0. The first-order valence-corrected chi connectivity index (χ1v) is 6.62. The number of anilines is 1. The summed E-state index contributed by atoms with van der Waals surface area (Å²) in [6.07, 6.45) is 3.60. The van der Waals surface area contributed by atoms with Gasteiger partial charge in [0, 0.05) is 12.1 Å². The van der Waals surface area contributed by atoms with E-state index in [4.69, 9.17) is 11.6 Å². The molecule has 1 unspecified atom stereocenters. The number of thioether (sulfide) groups is 1. The van der Waals surface area contributed by atoms with Crippen LogP contribution in [0.1, 0.15) is 12.5 Å². The molecule has 1 aromatic heterocycles. The lowest BCUT2D eigenvalue weighted by Crippen LogP contribution is -2.15. The zero-order chi connectivity index (χ0) is 11.3. The smallest absolute Gasteiger partial charge is 0.137 e. The third-order valence-corrected chi connectivity index (χ3v) is 3.38. The van der Waals surface area contributed by atoms with Crippen molar-refractivity contribution in [1.82, 2.24) is 9.97 Å². The molecule has 1 aromatic rings. The second kappa shape index (κ2) is 6.18. The first-order chi connectivity index (χ1) is 7.15. The maximum Gasteiger partial charge on any atom is 0.137 e. The van der Waals surface area contributed by atoms with Crippen LogP contribution < -0.4 is 5.32 Å². The first kappa shape index (κ1) is 12.6. The van der Waals surface area contributed by atoms with Gasteiger partial charge in [0.15, 0.2) is 0 Å². The van der Waals surface area contributed by atoms with Gasteiger partial charge in [-0.05, 0) is 24.9 Å². The van der Waals surface area contributed by atoms with Gasteiger partial charge in [0.05, 0.1) is 0 Å². The van der Waals surface area contributed by atoms with Crippen molar-refractivity contribution in [2.45, 2.75) is 13.8 Å². The number of nitrogens with one attached hydrogen (secondary N) is 1. The molecule has 0 aliphatic rings. The second-order valence-electron chi connectivity index (χ2n) is 3.58. The van der Waals surface area contributed by atoms with Gasteiger partial charge in [0.2, 0.25) is 0 Å². The number of aromatic nitrogens is 2. The standard InChI is InChI=1S/C10H16ClN3S/c1-7(5-15-3)4-12-10-8(2)9(11)13-6-14-10/h6-7H,4-5H2,1-3H3,(H,12,13,14). The van der Waals surface area contributed by atoms with Gasteiger partial charge < -0.3 is 5.32 Å². The van der Waals surface area contributed by atoms with Crippen LogP contribution in [0.3, 0.4) is 0 Å². The Morgan fingerprint density at radius 1 is 1.53 bits per heavy atom. The molecule has 5 heteroatoms. The molecule has 1 heterocycles. The van der Waals surface area contributed by atoms with Crippen molar-refractivity contribution in [3.63, 3.8) is 0 Å². The molecule has 0 saturated carbocycles. The van der Waals surface area contributed by atoms with E-state index in [-0.39, 0.29) is 0 Å². The molecular formula is C10H16ClN3S. The molecule has 0 spiro atoms. The molecule has 0 amide bonds. The fourth-order valence-electron chi connectivity index (χ4n) is 1.22. The van der Waals surface area contributed by atoms with E-state index in [1.807, 2.05) is 18.7 Å². The SMILES string of the molecule is CSCC(C)CNc1ncnc(Cl)c1C. The second-order valence-corrected chi connectivity index (χ2v) is 4.85. The Hall–Kier alpha value is -0.480. The number of hydrogen-bond donors (Lipinski definition) is 1. The van der Waals surface area contributed by atoms with Crippen molar-refractivity contribution >= 4 is 29.2 Å². The summed E-state index contributed by atoms with van der Waals surface area (Å²) in [6.45, 7) is 5.04. The van der Waals surface area contributed by atoms with Crippen molar-refractivity contribution < 1.29 is 0 Å².